The molecular formula is C30H41F3N2O4. The first-order valence-corrected chi connectivity index (χ1v) is 13.9. The highest BCUT2D eigenvalue weighted by Gasteiger charge is 2.31. The number of hydrogen-bond acceptors (Lipinski definition) is 5. The fourth-order valence-electron chi connectivity index (χ4n) is 4.91. The third kappa shape index (κ3) is 10.5. The molecule has 6 nitrogen and oxygen atoms in total. The van der Waals surface area contributed by atoms with Crippen LogP contribution in [0, 0.1) is 17.5 Å². The number of carbonyl (C=O) groups excluding carboxylic acids is 1. The second-order valence-electron chi connectivity index (χ2n) is 10.3. The lowest BCUT2D eigenvalue weighted by Gasteiger charge is -2.36. The number of amides is 1. The van der Waals surface area contributed by atoms with E-state index in [9.17, 15) is 18.0 Å². The number of carbonyl (C=O) groups is 1. The Hall–Kier alpha value is -2.62. The van der Waals surface area contributed by atoms with Gasteiger partial charge < -0.3 is 24.4 Å². The Morgan fingerprint density at radius 2 is 1.62 bits per heavy atom. The van der Waals surface area contributed by atoms with Crippen LogP contribution >= 0.6 is 0 Å². The molecule has 2 aromatic rings. The molecule has 1 aliphatic carbocycles. The van der Waals surface area contributed by atoms with E-state index in [1.807, 2.05) is 37.4 Å². The smallest absolute Gasteiger partial charge is 0.410 e. The molecule has 1 fully saturated rings. The summed E-state index contributed by atoms with van der Waals surface area (Å²) in [6.07, 6.45) is 6.55. The summed E-state index contributed by atoms with van der Waals surface area (Å²) in [5.74, 6) is -3.31. The van der Waals surface area contributed by atoms with Gasteiger partial charge in [-0.05, 0) is 63.7 Å². The number of halogens is 3. The summed E-state index contributed by atoms with van der Waals surface area (Å²) in [5.41, 5.74) is 0.727. The molecule has 2 aromatic carbocycles. The average molecular weight is 551 g/mol. The zero-order chi connectivity index (χ0) is 28.0. The van der Waals surface area contributed by atoms with Crippen LogP contribution in [0.25, 0.3) is 0 Å². The fourth-order valence-corrected chi connectivity index (χ4v) is 4.91. The Bertz CT molecular complexity index is 1000. The van der Waals surface area contributed by atoms with Crippen molar-refractivity contribution < 1.29 is 32.5 Å². The van der Waals surface area contributed by atoms with E-state index in [1.165, 1.54) is 4.90 Å². The van der Waals surface area contributed by atoms with E-state index < -0.39 is 23.5 Å². The molecule has 0 aromatic heterocycles. The monoisotopic (exact) mass is 550 g/mol. The molecule has 1 amide bonds. The number of aliphatic hydroxyl groups is 1. The van der Waals surface area contributed by atoms with Gasteiger partial charge in [0.25, 0.3) is 0 Å². The van der Waals surface area contributed by atoms with E-state index in [2.05, 4.69) is 4.90 Å². The van der Waals surface area contributed by atoms with Crippen molar-refractivity contribution in [3.63, 3.8) is 0 Å². The summed E-state index contributed by atoms with van der Waals surface area (Å²) in [7, 11) is 2.01. The van der Waals surface area contributed by atoms with Crippen molar-refractivity contribution in [1.82, 2.24) is 9.80 Å². The lowest BCUT2D eigenvalue weighted by Crippen LogP contribution is -2.43. The number of ether oxygens (including phenoxy) is 2. The zero-order valence-corrected chi connectivity index (χ0v) is 22.8. The van der Waals surface area contributed by atoms with Gasteiger partial charge in [0, 0.05) is 30.8 Å². The number of aliphatic hydroxyl groups excluding tert-OH is 1. The molecule has 216 valence electrons. The number of benzene rings is 2. The van der Waals surface area contributed by atoms with Crippen LogP contribution in [-0.4, -0.2) is 66.5 Å². The Morgan fingerprint density at radius 1 is 0.923 bits per heavy atom. The number of rotatable bonds is 15. The van der Waals surface area contributed by atoms with Gasteiger partial charge in [-0.25, -0.2) is 18.0 Å². The quantitative estimate of drug-likeness (QED) is 0.216. The molecule has 0 unspecified atom stereocenters. The van der Waals surface area contributed by atoms with Crippen LogP contribution < -0.4 is 0 Å². The van der Waals surface area contributed by atoms with E-state index in [-0.39, 0.29) is 37.5 Å². The minimum absolute atomic E-state index is 0.0621. The minimum Gasteiger partial charge on any atom is -0.445 e. The molecule has 0 aliphatic heterocycles. The number of unbranched alkanes of at least 4 members (excludes halogenated alkanes) is 3. The van der Waals surface area contributed by atoms with Crippen molar-refractivity contribution in [3.05, 3.63) is 71.0 Å². The lowest BCUT2D eigenvalue weighted by atomic mass is 9.91. The zero-order valence-electron chi connectivity index (χ0n) is 22.8. The molecule has 3 rings (SSSR count). The topological polar surface area (TPSA) is 62.2 Å². The molecule has 0 heterocycles. The van der Waals surface area contributed by atoms with Crippen LogP contribution in [0.2, 0.25) is 0 Å². The van der Waals surface area contributed by atoms with Gasteiger partial charge in [0.1, 0.15) is 12.4 Å². The van der Waals surface area contributed by atoms with Crippen molar-refractivity contribution in [2.75, 3.05) is 33.4 Å². The van der Waals surface area contributed by atoms with E-state index in [0.29, 0.717) is 32.1 Å². The minimum atomic E-state index is -1.26. The highest BCUT2D eigenvalue weighted by Crippen LogP contribution is 2.28. The molecule has 0 atom stereocenters. The summed E-state index contributed by atoms with van der Waals surface area (Å²) >= 11 is 0. The van der Waals surface area contributed by atoms with Gasteiger partial charge in [0.15, 0.2) is 11.6 Å². The standard InChI is InChI=1S/C30H41F3N2O4/c1-34(16-17-36)15-7-2-3-8-18-38-26-13-11-25(12-14-26)35(21-24-19-28(32)29(33)20-27(24)31)30(37)39-22-23-9-5-4-6-10-23/h4-6,9-10,19-20,25-26,36H,2-3,7-8,11-18,21-22H2,1H3. The molecule has 0 spiro atoms. The second kappa shape index (κ2) is 16.5. The van der Waals surface area contributed by atoms with E-state index in [1.54, 1.807) is 0 Å². The first kappa shape index (κ1) is 30.9. The SMILES string of the molecule is CN(CCO)CCCCCCOC1CCC(N(Cc2cc(F)c(F)cc2F)C(=O)OCc2ccccc2)CC1. The maximum absolute atomic E-state index is 14.4. The number of nitrogens with zero attached hydrogens (tertiary/aromatic N) is 2. The Morgan fingerprint density at radius 3 is 2.33 bits per heavy atom. The average Bonchev–Trinajstić information content (AvgIpc) is 2.93. The van der Waals surface area contributed by atoms with Gasteiger partial charge in [0.05, 0.1) is 19.3 Å². The van der Waals surface area contributed by atoms with Crippen molar-refractivity contribution >= 4 is 6.09 Å². The first-order valence-electron chi connectivity index (χ1n) is 13.9. The first-order chi connectivity index (χ1) is 18.9. The van der Waals surface area contributed by atoms with Crippen LogP contribution in [0.1, 0.15) is 62.5 Å². The van der Waals surface area contributed by atoms with Gasteiger partial charge in [-0.1, -0.05) is 43.2 Å². The van der Waals surface area contributed by atoms with E-state index in [0.717, 1.165) is 56.7 Å². The van der Waals surface area contributed by atoms with Crippen LogP contribution in [0.15, 0.2) is 42.5 Å². The predicted octanol–water partition coefficient (Wildman–Crippen LogP) is 6.06. The molecule has 0 bridgehead atoms. The van der Waals surface area contributed by atoms with E-state index in [4.69, 9.17) is 14.6 Å². The van der Waals surface area contributed by atoms with Crippen LogP contribution in [0.5, 0.6) is 0 Å². The maximum Gasteiger partial charge on any atom is 0.410 e. The molecule has 1 saturated carbocycles. The summed E-state index contributed by atoms with van der Waals surface area (Å²) in [6, 6.07) is 10.3. The largest absolute Gasteiger partial charge is 0.445 e. The lowest BCUT2D eigenvalue weighted by molar-refractivity contribution is 0.00178. The third-order valence-electron chi connectivity index (χ3n) is 7.22. The van der Waals surface area contributed by atoms with E-state index >= 15 is 0 Å². The van der Waals surface area contributed by atoms with Crippen molar-refractivity contribution in [2.24, 2.45) is 0 Å². The Kier molecular flexibility index (Phi) is 13.1. The van der Waals surface area contributed by atoms with Crippen LogP contribution in [0.3, 0.4) is 0 Å². The summed E-state index contributed by atoms with van der Waals surface area (Å²) in [6.45, 7) is 2.40. The van der Waals surface area contributed by atoms with Gasteiger partial charge >= 0.3 is 6.09 Å². The summed E-state index contributed by atoms with van der Waals surface area (Å²) < 4.78 is 53.4. The van der Waals surface area contributed by atoms with Crippen molar-refractivity contribution in [1.29, 1.82) is 0 Å². The molecule has 39 heavy (non-hydrogen) atoms. The van der Waals surface area contributed by atoms with Gasteiger partial charge in [-0.3, -0.25) is 0 Å². The molecular weight excluding hydrogens is 509 g/mol. The van der Waals surface area contributed by atoms with Crippen molar-refractivity contribution in [2.45, 2.75) is 76.7 Å². The molecule has 9 heteroatoms. The van der Waals surface area contributed by atoms with Crippen LogP contribution in [0.4, 0.5) is 18.0 Å². The van der Waals surface area contributed by atoms with Crippen LogP contribution in [-0.2, 0) is 22.6 Å². The summed E-state index contributed by atoms with van der Waals surface area (Å²) in [5, 5.41) is 8.95. The third-order valence-corrected chi connectivity index (χ3v) is 7.22. The number of hydrogen-bond donors (Lipinski definition) is 1. The molecule has 1 N–H and O–H groups in total. The highest BCUT2D eigenvalue weighted by molar-refractivity contribution is 5.68. The van der Waals surface area contributed by atoms with Gasteiger partial charge in [0.2, 0.25) is 0 Å². The molecule has 0 radical (unpaired) electrons. The second-order valence-corrected chi connectivity index (χ2v) is 10.3. The fraction of sp³-hybridized carbons (Fsp3) is 0.567. The summed E-state index contributed by atoms with van der Waals surface area (Å²) in [4.78, 5) is 16.7. The number of likely N-dealkylation sites (N-methyl/N-ethyl adjacent to an activating group) is 1. The Labute approximate surface area is 229 Å². The highest BCUT2D eigenvalue weighted by atomic mass is 19.2. The Balaban J connectivity index is 1.49. The van der Waals surface area contributed by atoms with Gasteiger partial charge in [-0.15, -0.1) is 0 Å². The molecule has 1 aliphatic rings. The normalized spacial score (nSPS) is 17.4. The van der Waals surface area contributed by atoms with Crippen molar-refractivity contribution in [3.8, 4) is 0 Å². The molecule has 0 saturated heterocycles. The van der Waals surface area contributed by atoms with Gasteiger partial charge in [-0.2, -0.15) is 0 Å². The maximum atomic E-state index is 14.4. The predicted molar refractivity (Wildman–Crippen MR) is 144 cm³/mol.